The molecule has 1 saturated heterocycles. The first kappa shape index (κ1) is 21.0. The number of hydrogen-bond donors (Lipinski definition) is 1. The summed E-state index contributed by atoms with van der Waals surface area (Å²) in [4.78, 5) is 27.3. The van der Waals surface area contributed by atoms with Crippen LogP contribution in [0.1, 0.15) is 6.42 Å². The smallest absolute Gasteiger partial charge is 0.242 e. The quantitative estimate of drug-likeness (QED) is 0.665. The van der Waals surface area contributed by atoms with Crippen molar-refractivity contribution >= 4 is 44.0 Å². The van der Waals surface area contributed by atoms with Gasteiger partial charge in [-0.05, 0) is 29.7 Å². The van der Waals surface area contributed by atoms with Crippen LogP contribution in [-0.4, -0.2) is 45.2 Å². The highest BCUT2D eigenvalue weighted by Gasteiger charge is 2.35. The highest BCUT2D eigenvalue weighted by molar-refractivity contribution is 7.89. The zero-order chi connectivity index (χ0) is 22.2. The van der Waals surface area contributed by atoms with Crippen molar-refractivity contribution in [3.05, 3.63) is 66.7 Å². The maximum Gasteiger partial charge on any atom is 0.242 e. The van der Waals surface area contributed by atoms with Crippen LogP contribution in [-0.2, 0) is 19.6 Å². The molecule has 1 heterocycles. The van der Waals surface area contributed by atoms with Crippen LogP contribution >= 0.6 is 0 Å². The lowest BCUT2D eigenvalue weighted by molar-refractivity contribution is -0.122. The summed E-state index contributed by atoms with van der Waals surface area (Å²) in [6, 6.07) is 19.7. The molecule has 1 fully saturated rings. The Morgan fingerprint density at radius 3 is 2.52 bits per heavy atom. The van der Waals surface area contributed by atoms with Gasteiger partial charge in [-0.1, -0.05) is 42.5 Å². The Balaban J connectivity index is 1.53. The molecule has 1 N–H and O–H groups in total. The molecule has 31 heavy (non-hydrogen) atoms. The van der Waals surface area contributed by atoms with Crippen LogP contribution in [0.25, 0.3) is 10.8 Å². The second-order valence-electron chi connectivity index (χ2n) is 7.71. The number of hydrogen-bond acceptors (Lipinski definition) is 4. The minimum absolute atomic E-state index is 0.0928. The van der Waals surface area contributed by atoms with Crippen LogP contribution in [0.5, 0.6) is 0 Å². The van der Waals surface area contributed by atoms with Crippen LogP contribution in [0.4, 0.5) is 11.4 Å². The van der Waals surface area contributed by atoms with E-state index in [-0.39, 0.29) is 29.7 Å². The molecule has 0 saturated carbocycles. The first-order chi connectivity index (χ1) is 14.8. The predicted octanol–water partition coefficient (Wildman–Crippen LogP) is 3.08. The van der Waals surface area contributed by atoms with Crippen molar-refractivity contribution in [2.24, 2.45) is 5.92 Å². The normalized spacial score (nSPS) is 16.8. The lowest BCUT2D eigenvalue weighted by atomic mass is 10.1. The maximum atomic E-state index is 12.8. The number of rotatable bonds is 5. The van der Waals surface area contributed by atoms with E-state index in [1.54, 1.807) is 17.0 Å². The molecule has 160 valence electrons. The van der Waals surface area contributed by atoms with Gasteiger partial charge in [0.2, 0.25) is 21.8 Å². The van der Waals surface area contributed by atoms with Crippen molar-refractivity contribution < 1.29 is 18.0 Å². The van der Waals surface area contributed by atoms with Gasteiger partial charge in [-0.2, -0.15) is 0 Å². The first-order valence-electron chi connectivity index (χ1n) is 9.89. The van der Waals surface area contributed by atoms with Crippen LogP contribution in [0, 0.1) is 5.92 Å². The molecule has 1 aliphatic rings. The van der Waals surface area contributed by atoms with Gasteiger partial charge in [-0.25, -0.2) is 12.7 Å². The monoisotopic (exact) mass is 437 g/mol. The Labute approximate surface area is 181 Å². The number of nitrogens with zero attached hydrogens (tertiary/aromatic N) is 2. The average Bonchev–Trinajstić information content (AvgIpc) is 3.15. The van der Waals surface area contributed by atoms with Crippen molar-refractivity contribution in [2.75, 3.05) is 30.9 Å². The van der Waals surface area contributed by atoms with Crippen molar-refractivity contribution in [3.8, 4) is 0 Å². The molecule has 8 heteroatoms. The summed E-state index contributed by atoms with van der Waals surface area (Å²) in [5.74, 6) is -0.948. The van der Waals surface area contributed by atoms with Gasteiger partial charge < -0.3 is 10.2 Å². The number of sulfonamides is 1. The number of amides is 2. The number of carbonyl (C=O) groups is 2. The average molecular weight is 438 g/mol. The lowest BCUT2D eigenvalue weighted by Crippen LogP contribution is -2.28. The summed E-state index contributed by atoms with van der Waals surface area (Å²) >= 11 is 0. The molecule has 1 atom stereocenters. The molecule has 3 aromatic rings. The van der Waals surface area contributed by atoms with Crippen LogP contribution in [0.15, 0.2) is 71.6 Å². The van der Waals surface area contributed by atoms with Crippen molar-refractivity contribution in [3.63, 3.8) is 0 Å². The minimum atomic E-state index is -3.61. The van der Waals surface area contributed by atoms with E-state index in [2.05, 4.69) is 5.32 Å². The largest absolute Gasteiger partial charge is 0.326 e. The highest BCUT2D eigenvalue weighted by atomic mass is 32.2. The van der Waals surface area contributed by atoms with Gasteiger partial charge in [0.1, 0.15) is 0 Å². The molecule has 0 radical (unpaired) electrons. The SMILES string of the molecule is CN(C)S(=O)(=O)c1cccc(NC(=O)C2CC(=O)N(c3cccc4ccccc34)C2)c1. The van der Waals surface area contributed by atoms with Crippen LogP contribution in [0.2, 0.25) is 0 Å². The second-order valence-corrected chi connectivity index (χ2v) is 9.86. The summed E-state index contributed by atoms with van der Waals surface area (Å²) in [6.07, 6.45) is 0.102. The number of fused-ring (bicyclic) bond motifs is 1. The zero-order valence-electron chi connectivity index (χ0n) is 17.3. The Hall–Kier alpha value is -3.23. The molecule has 1 unspecified atom stereocenters. The number of nitrogens with one attached hydrogen (secondary N) is 1. The van der Waals surface area contributed by atoms with Gasteiger partial charge in [0, 0.05) is 38.1 Å². The van der Waals surface area contributed by atoms with E-state index in [0.29, 0.717) is 5.69 Å². The van der Waals surface area contributed by atoms with Gasteiger partial charge in [0.15, 0.2) is 0 Å². The first-order valence-corrected chi connectivity index (χ1v) is 11.3. The van der Waals surface area contributed by atoms with Crippen molar-refractivity contribution in [1.29, 1.82) is 0 Å². The molecule has 3 aromatic carbocycles. The number of benzene rings is 3. The third-order valence-corrected chi connectivity index (χ3v) is 7.24. The lowest BCUT2D eigenvalue weighted by Gasteiger charge is -2.19. The Morgan fingerprint density at radius 1 is 1.03 bits per heavy atom. The Morgan fingerprint density at radius 2 is 1.74 bits per heavy atom. The molecule has 2 amide bonds. The second kappa shape index (κ2) is 8.13. The maximum absolute atomic E-state index is 12.8. The summed E-state index contributed by atoms with van der Waals surface area (Å²) in [5.41, 5.74) is 1.17. The summed E-state index contributed by atoms with van der Waals surface area (Å²) in [6.45, 7) is 0.272. The Kier molecular flexibility index (Phi) is 5.51. The fourth-order valence-electron chi connectivity index (χ4n) is 3.75. The number of anilines is 2. The molecule has 0 aromatic heterocycles. The molecular formula is C23H23N3O4S. The highest BCUT2D eigenvalue weighted by Crippen LogP contribution is 2.32. The van der Waals surface area contributed by atoms with Crippen molar-refractivity contribution in [2.45, 2.75) is 11.3 Å². The molecule has 1 aliphatic heterocycles. The fraction of sp³-hybridized carbons (Fsp3) is 0.217. The third-order valence-electron chi connectivity index (χ3n) is 5.43. The third kappa shape index (κ3) is 4.04. The summed E-state index contributed by atoms with van der Waals surface area (Å²) in [5, 5.41) is 4.75. The van der Waals surface area contributed by atoms with Gasteiger partial charge in [0.25, 0.3) is 0 Å². The van der Waals surface area contributed by atoms with Gasteiger partial charge >= 0.3 is 0 Å². The van der Waals surface area contributed by atoms with E-state index in [9.17, 15) is 18.0 Å². The summed E-state index contributed by atoms with van der Waals surface area (Å²) in [7, 11) is -0.707. The molecule has 4 rings (SSSR count). The minimum Gasteiger partial charge on any atom is -0.326 e. The predicted molar refractivity (Wildman–Crippen MR) is 120 cm³/mol. The standard InChI is InChI=1S/C23H23N3O4S/c1-25(2)31(29,30)19-10-6-9-18(14-19)24-23(28)17-13-22(27)26(15-17)21-12-5-8-16-7-3-4-11-20(16)21/h3-12,14,17H,13,15H2,1-2H3,(H,24,28). The zero-order valence-corrected chi connectivity index (χ0v) is 18.1. The van der Waals surface area contributed by atoms with E-state index < -0.39 is 15.9 Å². The van der Waals surface area contributed by atoms with Crippen LogP contribution < -0.4 is 10.2 Å². The van der Waals surface area contributed by atoms with E-state index in [1.165, 1.54) is 26.2 Å². The molecular weight excluding hydrogens is 414 g/mol. The fourth-order valence-corrected chi connectivity index (χ4v) is 4.70. The van der Waals surface area contributed by atoms with E-state index in [4.69, 9.17) is 0 Å². The van der Waals surface area contributed by atoms with Gasteiger partial charge in [-0.15, -0.1) is 0 Å². The van der Waals surface area contributed by atoms with Crippen LogP contribution in [0.3, 0.4) is 0 Å². The molecule has 0 aliphatic carbocycles. The van der Waals surface area contributed by atoms with E-state index >= 15 is 0 Å². The summed E-state index contributed by atoms with van der Waals surface area (Å²) < 4.78 is 25.8. The van der Waals surface area contributed by atoms with E-state index in [1.807, 2.05) is 42.5 Å². The number of carbonyl (C=O) groups excluding carboxylic acids is 2. The Bertz CT molecular complexity index is 1270. The van der Waals surface area contributed by atoms with E-state index in [0.717, 1.165) is 20.8 Å². The van der Waals surface area contributed by atoms with Crippen molar-refractivity contribution in [1.82, 2.24) is 4.31 Å². The molecule has 0 spiro atoms. The molecule has 0 bridgehead atoms. The topological polar surface area (TPSA) is 86.8 Å². The molecule has 7 nitrogen and oxygen atoms in total. The van der Waals surface area contributed by atoms with Gasteiger partial charge in [-0.3, -0.25) is 9.59 Å². The van der Waals surface area contributed by atoms with Gasteiger partial charge in [0.05, 0.1) is 16.5 Å².